The molecule has 0 bridgehead atoms. The molecule has 0 aliphatic heterocycles. The third kappa shape index (κ3) is 7.52. The van der Waals surface area contributed by atoms with E-state index in [1.807, 2.05) is 6.26 Å². The standard InChI is InChI=1S/C11H22N2O4S/c1-17-6-3-4-9(11(15)16)13-10(14)8(12)5-7-18-2/h8-9H,3-7,12H2,1-2H3,(H,13,14)(H,15,16)/t8-,9?/m0/s1. The topological polar surface area (TPSA) is 102 Å². The minimum Gasteiger partial charge on any atom is -0.480 e. The summed E-state index contributed by atoms with van der Waals surface area (Å²) in [4.78, 5) is 22.6. The van der Waals surface area contributed by atoms with Crippen LogP contribution in [0.5, 0.6) is 0 Å². The van der Waals surface area contributed by atoms with Crippen molar-refractivity contribution in [2.75, 3.05) is 25.7 Å². The van der Waals surface area contributed by atoms with Gasteiger partial charge in [-0.3, -0.25) is 4.79 Å². The zero-order valence-electron chi connectivity index (χ0n) is 10.8. The fourth-order valence-electron chi connectivity index (χ4n) is 1.34. The van der Waals surface area contributed by atoms with Crippen LogP contribution in [-0.4, -0.2) is 54.8 Å². The van der Waals surface area contributed by atoms with E-state index in [2.05, 4.69) is 5.32 Å². The molecule has 0 saturated carbocycles. The second kappa shape index (κ2) is 10.2. The maximum atomic E-state index is 11.7. The minimum atomic E-state index is -1.04. The van der Waals surface area contributed by atoms with Gasteiger partial charge in [-0.2, -0.15) is 11.8 Å². The Hall–Kier alpha value is -0.790. The number of ether oxygens (including phenoxy) is 1. The molecule has 0 aliphatic rings. The Kier molecular flexibility index (Phi) is 9.72. The summed E-state index contributed by atoms with van der Waals surface area (Å²) >= 11 is 1.60. The predicted octanol–water partition coefficient (Wildman–Crippen LogP) is 0.0628. The largest absolute Gasteiger partial charge is 0.480 e. The molecule has 0 heterocycles. The van der Waals surface area contributed by atoms with Gasteiger partial charge in [-0.15, -0.1) is 0 Å². The van der Waals surface area contributed by atoms with E-state index in [0.717, 1.165) is 5.75 Å². The molecule has 4 N–H and O–H groups in total. The maximum Gasteiger partial charge on any atom is 0.326 e. The lowest BCUT2D eigenvalue weighted by molar-refractivity contribution is -0.142. The van der Waals surface area contributed by atoms with E-state index in [-0.39, 0.29) is 0 Å². The van der Waals surface area contributed by atoms with Crippen LogP contribution in [0, 0.1) is 0 Å². The van der Waals surface area contributed by atoms with E-state index in [1.54, 1.807) is 18.9 Å². The predicted molar refractivity (Wildman–Crippen MR) is 71.7 cm³/mol. The Labute approximate surface area is 112 Å². The van der Waals surface area contributed by atoms with Crippen LogP contribution in [0.25, 0.3) is 0 Å². The number of carboxylic acid groups (broad SMARTS) is 1. The summed E-state index contributed by atoms with van der Waals surface area (Å²) in [5.74, 6) is -0.680. The van der Waals surface area contributed by atoms with Gasteiger partial charge in [-0.25, -0.2) is 4.79 Å². The Morgan fingerprint density at radius 3 is 2.61 bits per heavy atom. The monoisotopic (exact) mass is 278 g/mol. The Morgan fingerprint density at radius 2 is 2.11 bits per heavy atom. The van der Waals surface area contributed by atoms with Gasteiger partial charge in [0.15, 0.2) is 0 Å². The summed E-state index contributed by atoms with van der Waals surface area (Å²) in [6.45, 7) is 0.470. The number of hydrogen-bond acceptors (Lipinski definition) is 5. The SMILES string of the molecule is COCCCC(NC(=O)[C@@H](N)CCSC)C(=O)O. The lowest BCUT2D eigenvalue weighted by Gasteiger charge is -2.17. The van der Waals surface area contributed by atoms with Gasteiger partial charge in [0.05, 0.1) is 6.04 Å². The summed E-state index contributed by atoms with van der Waals surface area (Å²) in [5, 5.41) is 11.4. The summed E-state index contributed by atoms with van der Waals surface area (Å²) in [5.41, 5.74) is 5.66. The molecule has 0 radical (unpaired) electrons. The van der Waals surface area contributed by atoms with E-state index in [9.17, 15) is 9.59 Å². The van der Waals surface area contributed by atoms with Crippen LogP contribution in [0.15, 0.2) is 0 Å². The number of carbonyl (C=O) groups is 2. The van der Waals surface area contributed by atoms with Crippen LogP contribution in [0.1, 0.15) is 19.3 Å². The molecule has 0 rings (SSSR count). The number of methoxy groups -OCH3 is 1. The molecule has 1 amide bonds. The molecule has 0 aromatic heterocycles. The number of carbonyl (C=O) groups excluding carboxylic acids is 1. The highest BCUT2D eigenvalue weighted by Gasteiger charge is 2.22. The van der Waals surface area contributed by atoms with Crippen molar-refractivity contribution < 1.29 is 19.4 Å². The molecule has 6 nitrogen and oxygen atoms in total. The second-order valence-corrected chi connectivity index (χ2v) is 4.91. The summed E-state index contributed by atoms with van der Waals surface area (Å²) < 4.78 is 4.84. The lowest BCUT2D eigenvalue weighted by Crippen LogP contribution is -2.48. The smallest absolute Gasteiger partial charge is 0.326 e. The molecular weight excluding hydrogens is 256 g/mol. The van der Waals surface area contributed by atoms with Gasteiger partial charge in [-0.1, -0.05) is 0 Å². The number of hydrogen-bond donors (Lipinski definition) is 3. The Bertz CT molecular complexity index is 263. The molecule has 2 atom stereocenters. The zero-order valence-corrected chi connectivity index (χ0v) is 11.7. The molecule has 7 heteroatoms. The van der Waals surface area contributed by atoms with Crippen LogP contribution in [-0.2, 0) is 14.3 Å². The first-order chi connectivity index (χ1) is 8.52. The highest BCUT2D eigenvalue weighted by Crippen LogP contribution is 2.02. The Balaban J connectivity index is 4.14. The quantitative estimate of drug-likeness (QED) is 0.489. The van der Waals surface area contributed by atoms with Crippen LogP contribution in [0.3, 0.4) is 0 Å². The summed E-state index contributed by atoms with van der Waals surface area (Å²) in [6, 6.07) is -1.55. The molecule has 0 aliphatic carbocycles. The Morgan fingerprint density at radius 1 is 1.44 bits per heavy atom. The summed E-state index contributed by atoms with van der Waals surface area (Å²) in [7, 11) is 1.55. The van der Waals surface area contributed by atoms with Crippen molar-refractivity contribution in [3.63, 3.8) is 0 Å². The van der Waals surface area contributed by atoms with Crippen molar-refractivity contribution >= 4 is 23.6 Å². The number of carboxylic acids is 1. The number of amides is 1. The molecule has 0 spiro atoms. The van der Waals surface area contributed by atoms with E-state index >= 15 is 0 Å². The fourth-order valence-corrected chi connectivity index (χ4v) is 1.83. The van der Waals surface area contributed by atoms with E-state index < -0.39 is 24.0 Å². The highest BCUT2D eigenvalue weighted by atomic mass is 32.2. The van der Waals surface area contributed by atoms with E-state index in [4.69, 9.17) is 15.6 Å². The van der Waals surface area contributed by atoms with Crippen molar-refractivity contribution in [2.24, 2.45) is 5.73 Å². The molecular formula is C11H22N2O4S. The van der Waals surface area contributed by atoms with Crippen molar-refractivity contribution in [1.29, 1.82) is 0 Å². The first-order valence-corrected chi connectivity index (χ1v) is 7.19. The average Bonchev–Trinajstić information content (AvgIpc) is 2.34. The van der Waals surface area contributed by atoms with Gasteiger partial charge in [0.1, 0.15) is 6.04 Å². The van der Waals surface area contributed by atoms with Gasteiger partial charge < -0.3 is 20.9 Å². The summed E-state index contributed by atoms with van der Waals surface area (Å²) in [6.07, 6.45) is 3.38. The van der Waals surface area contributed by atoms with Gasteiger partial charge in [-0.05, 0) is 31.3 Å². The maximum absolute atomic E-state index is 11.7. The second-order valence-electron chi connectivity index (χ2n) is 3.92. The molecule has 0 aromatic rings. The zero-order chi connectivity index (χ0) is 14.0. The number of thioether (sulfide) groups is 1. The average molecular weight is 278 g/mol. The van der Waals surface area contributed by atoms with Crippen LogP contribution >= 0.6 is 11.8 Å². The van der Waals surface area contributed by atoms with Crippen LogP contribution in [0.2, 0.25) is 0 Å². The van der Waals surface area contributed by atoms with Crippen molar-refractivity contribution in [1.82, 2.24) is 5.32 Å². The molecule has 106 valence electrons. The van der Waals surface area contributed by atoms with Gasteiger partial charge >= 0.3 is 5.97 Å². The van der Waals surface area contributed by atoms with Gasteiger partial charge in [0.2, 0.25) is 5.91 Å². The molecule has 0 saturated heterocycles. The highest BCUT2D eigenvalue weighted by molar-refractivity contribution is 7.98. The van der Waals surface area contributed by atoms with Crippen LogP contribution < -0.4 is 11.1 Å². The van der Waals surface area contributed by atoms with Crippen molar-refractivity contribution in [2.45, 2.75) is 31.3 Å². The number of nitrogens with one attached hydrogen (secondary N) is 1. The minimum absolute atomic E-state index is 0.337. The number of aliphatic carboxylic acids is 1. The van der Waals surface area contributed by atoms with Crippen molar-refractivity contribution in [3.05, 3.63) is 0 Å². The third-order valence-electron chi connectivity index (χ3n) is 2.43. The van der Waals surface area contributed by atoms with Gasteiger partial charge in [0, 0.05) is 13.7 Å². The van der Waals surface area contributed by atoms with Gasteiger partial charge in [0.25, 0.3) is 0 Å². The third-order valence-corrected chi connectivity index (χ3v) is 3.07. The molecule has 0 fully saturated rings. The fraction of sp³-hybridized carbons (Fsp3) is 0.818. The lowest BCUT2D eigenvalue weighted by atomic mass is 10.1. The van der Waals surface area contributed by atoms with Crippen LogP contribution in [0.4, 0.5) is 0 Å². The first kappa shape index (κ1) is 17.2. The first-order valence-electron chi connectivity index (χ1n) is 5.79. The van der Waals surface area contributed by atoms with E-state index in [0.29, 0.717) is 25.9 Å². The van der Waals surface area contributed by atoms with Crippen molar-refractivity contribution in [3.8, 4) is 0 Å². The number of rotatable bonds is 10. The number of nitrogens with two attached hydrogens (primary N) is 1. The molecule has 0 aromatic carbocycles. The molecule has 18 heavy (non-hydrogen) atoms. The molecule has 1 unspecified atom stereocenters. The van der Waals surface area contributed by atoms with E-state index in [1.165, 1.54) is 0 Å². The normalized spacial score (nSPS) is 13.9.